The summed E-state index contributed by atoms with van der Waals surface area (Å²) in [6, 6.07) is 6.65. The van der Waals surface area contributed by atoms with Gasteiger partial charge in [0, 0.05) is 11.7 Å². The summed E-state index contributed by atoms with van der Waals surface area (Å²) in [5.41, 5.74) is 1.91. The number of esters is 1. The molecule has 7 nitrogen and oxygen atoms in total. The van der Waals surface area contributed by atoms with Gasteiger partial charge in [-0.2, -0.15) is 0 Å². The van der Waals surface area contributed by atoms with Crippen LogP contribution in [0.1, 0.15) is 52.5 Å². The molecule has 1 fully saturated rings. The van der Waals surface area contributed by atoms with Crippen LogP contribution in [0.25, 0.3) is 0 Å². The molecule has 3 amide bonds. The number of benzene rings is 1. The maximum Gasteiger partial charge on any atom is 0.330 e. The molecule has 1 aromatic rings. The normalized spacial score (nSPS) is 25.8. The van der Waals surface area contributed by atoms with Crippen molar-refractivity contribution in [2.24, 2.45) is 17.8 Å². The van der Waals surface area contributed by atoms with E-state index in [1.807, 2.05) is 57.2 Å². The molecule has 0 spiro atoms. The van der Waals surface area contributed by atoms with Crippen LogP contribution in [-0.2, 0) is 30.3 Å². The van der Waals surface area contributed by atoms with E-state index < -0.39 is 30.0 Å². The lowest BCUT2D eigenvalue weighted by Crippen LogP contribution is -2.49. The highest BCUT2D eigenvalue weighted by molar-refractivity contribution is 6.08. The summed E-state index contributed by atoms with van der Waals surface area (Å²) in [5, 5.41) is 0. The number of allylic oxidation sites excluding steroid dienone is 2. The number of likely N-dealkylation sites (tertiary alicyclic amines) is 1. The smallest absolute Gasteiger partial charge is 0.330 e. The van der Waals surface area contributed by atoms with E-state index in [2.05, 4.69) is 0 Å². The molecular weight excluding hydrogens is 420 g/mol. The van der Waals surface area contributed by atoms with Crippen molar-refractivity contribution in [1.82, 2.24) is 4.90 Å². The number of hydrogen-bond acceptors (Lipinski definition) is 5. The summed E-state index contributed by atoms with van der Waals surface area (Å²) in [4.78, 5) is 55.5. The molecule has 5 atom stereocenters. The van der Waals surface area contributed by atoms with Gasteiger partial charge < -0.3 is 9.64 Å². The topological polar surface area (TPSA) is 84.0 Å². The quantitative estimate of drug-likeness (QED) is 0.376. The third-order valence-electron chi connectivity index (χ3n) is 6.91. The Bertz CT molecular complexity index is 974. The van der Waals surface area contributed by atoms with E-state index in [-0.39, 0.29) is 29.7 Å². The molecule has 2 aliphatic heterocycles. The Labute approximate surface area is 194 Å². The maximum absolute atomic E-state index is 13.3. The van der Waals surface area contributed by atoms with Gasteiger partial charge in [-0.3, -0.25) is 19.3 Å². The van der Waals surface area contributed by atoms with Gasteiger partial charge in [-0.15, -0.1) is 0 Å². The van der Waals surface area contributed by atoms with Crippen LogP contribution >= 0.6 is 0 Å². The average molecular weight is 453 g/mol. The second-order valence-corrected chi connectivity index (χ2v) is 9.82. The predicted octanol–water partition coefficient (Wildman–Crippen LogP) is 3.26. The van der Waals surface area contributed by atoms with Crippen molar-refractivity contribution in [2.75, 3.05) is 4.90 Å². The Morgan fingerprint density at radius 1 is 1.03 bits per heavy atom. The van der Waals surface area contributed by atoms with Crippen LogP contribution in [0.3, 0.4) is 0 Å². The molecule has 1 saturated heterocycles. The van der Waals surface area contributed by atoms with Gasteiger partial charge >= 0.3 is 5.97 Å². The number of amides is 3. The summed E-state index contributed by atoms with van der Waals surface area (Å²) in [6.45, 7) is 7.37. The molecule has 176 valence electrons. The SMILES string of the molecule is CC(C)C[C@H](C(=O)O[C@H](C)C(=O)N1c2ccccc2C[C@@H]1C)N1C(=O)[C@H]2CC=CC[C@@H]2C1=O. The summed E-state index contributed by atoms with van der Waals surface area (Å²) >= 11 is 0. The number of carbonyl (C=O) groups excluding carboxylic acids is 4. The minimum absolute atomic E-state index is 0.0418. The van der Waals surface area contributed by atoms with E-state index in [1.165, 1.54) is 0 Å². The first-order valence-electron chi connectivity index (χ1n) is 11.8. The Balaban J connectivity index is 1.51. The van der Waals surface area contributed by atoms with Crippen LogP contribution < -0.4 is 4.90 Å². The van der Waals surface area contributed by atoms with Crippen molar-refractivity contribution in [3.05, 3.63) is 42.0 Å². The van der Waals surface area contributed by atoms with Crippen LogP contribution in [0.15, 0.2) is 36.4 Å². The maximum atomic E-state index is 13.3. The number of nitrogens with zero attached hydrogens (tertiary/aromatic N) is 2. The molecule has 0 aromatic heterocycles. The first kappa shape index (κ1) is 23.2. The summed E-state index contributed by atoms with van der Waals surface area (Å²) in [7, 11) is 0. The van der Waals surface area contributed by atoms with Gasteiger partial charge in [-0.25, -0.2) is 4.79 Å². The summed E-state index contributed by atoms with van der Waals surface area (Å²) < 4.78 is 5.62. The van der Waals surface area contributed by atoms with Gasteiger partial charge in [0.05, 0.1) is 11.8 Å². The number of imide groups is 1. The highest BCUT2D eigenvalue weighted by Gasteiger charge is 2.52. The van der Waals surface area contributed by atoms with Gasteiger partial charge in [0.25, 0.3) is 5.91 Å². The van der Waals surface area contributed by atoms with Crippen molar-refractivity contribution in [3.63, 3.8) is 0 Å². The fourth-order valence-corrected chi connectivity index (χ4v) is 5.29. The zero-order chi connectivity index (χ0) is 23.9. The van der Waals surface area contributed by atoms with E-state index in [4.69, 9.17) is 4.74 Å². The molecule has 0 saturated carbocycles. The third kappa shape index (κ3) is 4.21. The zero-order valence-corrected chi connectivity index (χ0v) is 19.7. The van der Waals surface area contributed by atoms with Gasteiger partial charge in [-0.1, -0.05) is 44.2 Å². The van der Waals surface area contributed by atoms with Crippen molar-refractivity contribution < 1.29 is 23.9 Å². The van der Waals surface area contributed by atoms with Crippen molar-refractivity contribution in [1.29, 1.82) is 0 Å². The lowest BCUT2D eigenvalue weighted by molar-refractivity contribution is -0.165. The van der Waals surface area contributed by atoms with Gasteiger partial charge in [0.2, 0.25) is 11.8 Å². The molecular formula is C26H32N2O5. The van der Waals surface area contributed by atoms with Gasteiger partial charge in [-0.05, 0) is 57.1 Å². The van der Waals surface area contributed by atoms with E-state index in [0.717, 1.165) is 22.6 Å². The Kier molecular flexibility index (Phi) is 6.41. The van der Waals surface area contributed by atoms with Crippen LogP contribution in [-0.4, -0.2) is 46.8 Å². The molecule has 0 bridgehead atoms. The number of hydrogen-bond donors (Lipinski definition) is 0. The number of fused-ring (bicyclic) bond motifs is 2. The first-order chi connectivity index (χ1) is 15.7. The second-order valence-electron chi connectivity index (χ2n) is 9.82. The van der Waals surface area contributed by atoms with Crippen LogP contribution in [0.5, 0.6) is 0 Å². The molecule has 0 unspecified atom stereocenters. The summed E-state index contributed by atoms with van der Waals surface area (Å²) in [6.07, 6.45) is 4.87. The largest absolute Gasteiger partial charge is 0.451 e. The summed E-state index contributed by atoms with van der Waals surface area (Å²) in [5.74, 6) is -2.38. The molecule has 3 aliphatic rings. The van der Waals surface area contributed by atoms with Crippen molar-refractivity contribution >= 4 is 29.4 Å². The molecule has 1 aliphatic carbocycles. The first-order valence-corrected chi connectivity index (χ1v) is 11.8. The molecule has 7 heteroatoms. The number of ether oxygens (including phenoxy) is 1. The molecule has 1 aromatic carbocycles. The number of anilines is 1. The van der Waals surface area contributed by atoms with E-state index >= 15 is 0 Å². The molecule has 33 heavy (non-hydrogen) atoms. The molecule has 0 radical (unpaired) electrons. The lowest BCUT2D eigenvalue weighted by Gasteiger charge is -2.29. The Morgan fingerprint density at radius 2 is 1.64 bits per heavy atom. The minimum atomic E-state index is -1.03. The monoisotopic (exact) mass is 452 g/mol. The van der Waals surface area contributed by atoms with Crippen LogP contribution in [0.2, 0.25) is 0 Å². The molecule has 0 N–H and O–H groups in total. The second kappa shape index (κ2) is 9.12. The van der Waals surface area contributed by atoms with Crippen LogP contribution in [0.4, 0.5) is 5.69 Å². The number of carbonyl (C=O) groups is 4. The van der Waals surface area contributed by atoms with Gasteiger partial charge in [0.15, 0.2) is 6.10 Å². The van der Waals surface area contributed by atoms with Crippen LogP contribution in [0, 0.1) is 17.8 Å². The zero-order valence-electron chi connectivity index (χ0n) is 19.7. The fourth-order valence-electron chi connectivity index (χ4n) is 5.29. The highest BCUT2D eigenvalue weighted by atomic mass is 16.5. The average Bonchev–Trinajstić information content (AvgIpc) is 3.24. The van der Waals surface area contributed by atoms with Crippen molar-refractivity contribution in [3.8, 4) is 0 Å². The van der Waals surface area contributed by atoms with E-state index in [0.29, 0.717) is 19.3 Å². The number of rotatable bonds is 6. The molecule has 2 heterocycles. The van der Waals surface area contributed by atoms with E-state index in [9.17, 15) is 19.2 Å². The highest BCUT2D eigenvalue weighted by Crippen LogP contribution is 2.37. The van der Waals surface area contributed by atoms with E-state index in [1.54, 1.807) is 11.8 Å². The van der Waals surface area contributed by atoms with Gasteiger partial charge in [0.1, 0.15) is 6.04 Å². The molecule has 4 rings (SSSR count). The number of para-hydroxylation sites is 1. The fraction of sp³-hybridized carbons (Fsp3) is 0.538. The Hall–Kier alpha value is -2.96. The third-order valence-corrected chi connectivity index (χ3v) is 6.91. The predicted molar refractivity (Wildman–Crippen MR) is 123 cm³/mol. The lowest BCUT2D eigenvalue weighted by atomic mass is 9.85. The minimum Gasteiger partial charge on any atom is -0.451 e. The standard InChI is InChI=1S/C26H32N2O5/c1-15(2)13-22(28-24(30)19-10-6-7-11-20(19)25(28)31)26(32)33-17(4)23(29)27-16(3)14-18-9-5-8-12-21(18)27/h5-9,12,15-17,19-20,22H,10-11,13-14H2,1-4H3/t16-,17+,19-,20-,22+/m0/s1. The Morgan fingerprint density at radius 3 is 2.24 bits per heavy atom. The van der Waals surface area contributed by atoms with Crippen molar-refractivity contribution in [2.45, 2.75) is 71.6 Å².